The van der Waals surface area contributed by atoms with E-state index in [1.54, 1.807) is 0 Å². The Morgan fingerprint density at radius 1 is 1.22 bits per heavy atom. The molecule has 138 valence electrons. The first kappa shape index (κ1) is 19.1. The first-order valence-corrected chi connectivity index (χ1v) is 8.68. The third-order valence-electron chi connectivity index (χ3n) is 3.68. The van der Waals surface area contributed by atoms with Crippen LogP contribution in [-0.2, 0) is 11.0 Å². The van der Waals surface area contributed by atoms with Crippen molar-refractivity contribution in [1.82, 2.24) is 0 Å². The lowest BCUT2D eigenvalue weighted by molar-refractivity contribution is -0.137. The number of benzene rings is 2. The fourth-order valence-corrected chi connectivity index (χ4v) is 3.68. The smallest absolute Gasteiger partial charge is 0.416 e. The summed E-state index contributed by atoms with van der Waals surface area (Å²) in [7, 11) is 0. The van der Waals surface area contributed by atoms with E-state index in [1.807, 2.05) is 0 Å². The number of carboxylic acid groups (broad SMARTS) is 1. The summed E-state index contributed by atoms with van der Waals surface area (Å²) in [5.41, 5.74) is -0.160. The Kier molecular flexibility index (Phi) is 5.07. The highest BCUT2D eigenvalue weighted by molar-refractivity contribution is 8.27. The largest absolute Gasteiger partial charge is 0.478 e. The van der Waals surface area contributed by atoms with Crippen LogP contribution in [-0.4, -0.2) is 21.3 Å². The summed E-state index contributed by atoms with van der Waals surface area (Å²) in [4.78, 5) is 24.8. The fraction of sp³-hybridized carbons (Fsp3) is 0.0556. The summed E-state index contributed by atoms with van der Waals surface area (Å²) < 4.78 is 38.8. The first-order chi connectivity index (χ1) is 12.7. The van der Waals surface area contributed by atoms with Gasteiger partial charge in [-0.05, 0) is 42.0 Å². The SMILES string of the molecule is O=C(O)c1cc[14c]([14CH]=[14C]2S[14C](=S)N(c3cccc(C(F)(F)F)c3)[14C]2=O)cc1. The van der Waals surface area contributed by atoms with Gasteiger partial charge in [-0.3, -0.25) is 9.69 Å². The van der Waals surface area contributed by atoms with Gasteiger partial charge >= 0.3 is 12.1 Å². The van der Waals surface area contributed by atoms with Crippen molar-refractivity contribution >= 4 is 51.9 Å². The van der Waals surface area contributed by atoms with Gasteiger partial charge in [0.15, 0.2) is 4.32 Å². The topological polar surface area (TPSA) is 57.6 Å². The van der Waals surface area contributed by atoms with Gasteiger partial charge in [0, 0.05) is 0 Å². The van der Waals surface area contributed by atoms with E-state index in [4.69, 9.17) is 17.3 Å². The zero-order valence-corrected chi connectivity index (χ0v) is 15.0. The Hall–Kier alpha value is -2.65. The average molecular weight is 419 g/mol. The van der Waals surface area contributed by atoms with Crippen LogP contribution in [0.2, 0.25) is 0 Å². The molecule has 4 nitrogen and oxygen atoms in total. The number of hydrogen-bond donors (Lipinski definition) is 1. The van der Waals surface area contributed by atoms with Crippen molar-refractivity contribution in [2.45, 2.75) is 6.18 Å². The van der Waals surface area contributed by atoms with Gasteiger partial charge in [-0.2, -0.15) is 13.2 Å². The van der Waals surface area contributed by atoms with Crippen molar-refractivity contribution in [3.05, 3.63) is 70.1 Å². The Labute approximate surface area is 161 Å². The normalized spacial score (nSPS) is 16.3. The van der Waals surface area contributed by atoms with Crippen LogP contribution in [0.5, 0.6) is 0 Å². The maximum atomic E-state index is 12.9. The predicted molar refractivity (Wildman–Crippen MR) is 100 cm³/mol. The first-order valence-electron chi connectivity index (χ1n) is 7.45. The van der Waals surface area contributed by atoms with Crippen molar-refractivity contribution in [3.63, 3.8) is 0 Å². The number of halogens is 3. The molecule has 2 aromatic rings. The highest BCUT2D eigenvalue weighted by Gasteiger charge is 2.36. The molecule has 1 heterocycles. The third kappa shape index (κ3) is 4.04. The summed E-state index contributed by atoms with van der Waals surface area (Å²) in [6.07, 6.45) is -3.02. The summed E-state index contributed by atoms with van der Waals surface area (Å²) >= 11 is 6.12. The molecule has 9 heteroatoms. The van der Waals surface area contributed by atoms with Crippen LogP contribution in [0.3, 0.4) is 0 Å². The maximum Gasteiger partial charge on any atom is 0.416 e. The monoisotopic (exact) mass is 419 g/mol. The number of carboxylic acids is 1. The minimum atomic E-state index is -4.53. The highest BCUT2D eigenvalue weighted by atomic mass is 32.2. The van der Waals surface area contributed by atoms with Crippen molar-refractivity contribution < 1.29 is 27.9 Å². The van der Waals surface area contributed by atoms with Crippen molar-refractivity contribution in [1.29, 1.82) is 0 Å². The van der Waals surface area contributed by atoms with Crippen LogP contribution < -0.4 is 4.90 Å². The minimum Gasteiger partial charge on any atom is -0.478 e. The molecule has 0 atom stereocenters. The number of hydrogen-bond acceptors (Lipinski definition) is 4. The molecule has 1 amide bonds. The second-order valence-electron chi connectivity index (χ2n) is 5.49. The number of anilines is 1. The van der Waals surface area contributed by atoms with Gasteiger partial charge in [0.25, 0.3) is 5.91 Å². The van der Waals surface area contributed by atoms with Crippen LogP contribution >= 0.6 is 24.0 Å². The van der Waals surface area contributed by atoms with Crippen molar-refractivity contribution in [3.8, 4) is 0 Å². The van der Waals surface area contributed by atoms with Crippen LogP contribution in [0.25, 0.3) is 6.08 Å². The lowest BCUT2D eigenvalue weighted by Gasteiger charge is -2.16. The number of amides is 1. The Morgan fingerprint density at radius 2 is 1.89 bits per heavy atom. The number of carbonyl (C=O) groups is 2. The van der Waals surface area contributed by atoms with E-state index in [9.17, 15) is 22.8 Å². The molecular weight excluding hydrogens is 409 g/mol. The second kappa shape index (κ2) is 7.16. The molecule has 1 aliphatic heterocycles. The number of rotatable bonds is 3. The predicted octanol–water partition coefficient (Wildman–Crippen LogP) is 4.81. The van der Waals surface area contributed by atoms with E-state index in [2.05, 4.69) is 0 Å². The van der Waals surface area contributed by atoms with Gasteiger partial charge in [0.05, 0.1) is 21.7 Å². The van der Waals surface area contributed by atoms with Gasteiger partial charge < -0.3 is 5.11 Å². The number of aromatic carboxylic acids is 1. The molecule has 0 bridgehead atoms. The minimum absolute atomic E-state index is 0.0388. The highest BCUT2D eigenvalue weighted by Crippen LogP contribution is 2.38. The van der Waals surface area contributed by atoms with Crippen molar-refractivity contribution in [2.75, 3.05) is 4.90 Å². The molecule has 0 unspecified atom stereocenters. The lowest BCUT2D eigenvalue weighted by Crippen LogP contribution is -2.27. The number of nitrogens with zero attached hydrogens (tertiary/aromatic N) is 1. The maximum absolute atomic E-state index is 12.9. The van der Waals surface area contributed by atoms with Crippen molar-refractivity contribution in [2.24, 2.45) is 0 Å². The zero-order chi connectivity index (χ0) is 19.8. The van der Waals surface area contributed by atoms with Gasteiger partial charge in [-0.1, -0.05) is 42.2 Å². The molecule has 0 saturated carbocycles. The van der Waals surface area contributed by atoms with Crippen LogP contribution in [0, 0.1) is 0 Å². The van der Waals surface area contributed by atoms with Crippen LogP contribution in [0.1, 0.15) is 21.5 Å². The van der Waals surface area contributed by atoms with Gasteiger partial charge in [0.2, 0.25) is 0 Å². The van der Waals surface area contributed by atoms with E-state index >= 15 is 0 Å². The number of thiocarbonyl (C=S) groups is 1. The molecule has 3 rings (SSSR count). The molecule has 27 heavy (non-hydrogen) atoms. The Bertz CT molecular complexity index is 969. The molecule has 0 aliphatic carbocycles. The lowest BCUT2D eigenvalue weighted by atomic mass is 10.2. The van der Waals surface area contributed by atoms with E-state index < -0.39 is 23.6 Å². The summed E-state index contributed by atoms with van der Waals surface area (Å²) in [5, 5.41) is 8.90. The molecule has 0 spiro atoms. The van der Waals surface area contributed by atoms with Gasteiger partial charge in [-0.25, -0.2) is 4.79 Å². The number of carbonyl (C=O) groups excluding carboxylic acids is 1. The van der Waals surface area contributed by atoms with Crippen LogP contribution in [0.15, 0.2) is 53.4 Å². The molecule has 1 fully saturated rings. The summed E-state index contributed by atoms with van der Waals surface area (Å²) in [5.74, 6) is -1.61. The average Bonchev–Trinajstić information content (AvgIpc) is 2.88. The molecule has 1 saturated heterocycles. The van der Waals surface area contributed by atoms with E-state index in [-0.39, 0.29) is 20.5 Å². The standard InChI is InChI=1S/C18H10F3NO3S2/c19-18(20,21)12-2-1-3-13(9-12)22-15(23)14(27-17(22)26)8-10-4-6-11(7-5-10)16(24)25/h1-9H,(H,24,25)/i8+2,10+2,14+2,15+2,17+2. The van der Waals surface area contributed by atoms with E-state index in [0.717, 1.165) is 28.8 Å². The third-order valence-corrected chi connectivity index (χ3v) is 4.98. The molecule has 0 radical (unpaired) electrons. The van der Waals surface area contributed by atoms with Gasteiger partial charge in [-0.15, -0.1) is 0 Å². The second-order valence-corrected chi connectivity index (χ2v) is 7.17. The molecular formula is C18H10F3NO3S2. The zero-order valence-electron chi connectivity index (χ0n) is 13.4. The number of thioether (sulfide) groups is 1. The number of alkyl halides is 3. The van der Waals surface area contributed by atoms with E-state index in [0.29, 0.717) is 5.56 Å². The van der Waals surface area contributed by atoms with Gasteiger partial charge in [0.1, 0.15) is 0 Å². The summed E-state index contributed by atoms with van der Waals surface area (Å²) in [6, 6.07) is 10.2. The van der Waals surface area contributed by atoms with Crippen LogP contribution in [0.4, 0.5) is 18.9 Å². The molecule has 1 N–H and O–H groups in total. The molecule has 1 aliphatic rings. The Morgan fingerprint density at radius 3 is 2.48 bits per heavy atom. The fourth-order valence-electron chi connectivity index (χ4n) is 2.38. The molecule has 0 aromatic heterocycles. The molecule has 2 aromatic carbocycles. The Balaban J connectivity index is 1.90. The summed E-state index contributed by atoms with van der Waals surface area (Å²) in [6.45, 7) is 0. The quantitative estimate of drug-likeness (QED) is 0.572. The van der Waals surface area contributed by atoms with E-state index in [1.165, 1.54) is 42.5 Å².